The van der Waals surface area contributed by atoms with E-state index in [9.17, 15) is 15.0 Å². The largest absolute Gasteiger partial charge is 0.394 e. The van der Waals surface area contributed by atoms with Crippen LogP contribution in [0, 0.1) is 0 Å². The summed E-state index contributed by atoms with van der Waals surface area (Å²) in [6, 6.07) is 18.3. The molecule has 172 valence electrons. The lowest BCUT2D eigenvalue weighted by atomic mass is 10.0. The second-order valence-electron chi connectivity index (χ2n) is 8.39. The predicted octanol–water partition coefficient (Wildman–Crippen LogP) is 2.39. The summed E-state index contributed by atoms with van der Waals surface area (Å²) in [5.41, 5.74) is 6.37. The number of nitrogens with zero attached hydrogens (tertiary/aromatic N) is 3. The van der Waals surface area contributed by atoms with Crippen molar-refractivity contribution in [2.75, 3.05) is 17.7 Å². The molecule has 3 aromatic carbocycles. The van der Waals surface area contributed by atoms with Gasteiger partial charge in [-0.3, -0.25) is 14.3 Å². The number of hydrogen-bond donors (Lipinski definition) is 5. The molecule has 6 rings (SSSR count). The van der Waals surface area contributed by atoms with E-state index in [2.05, 4.69) is 44.5 Å². The maximum atomic E-state index is 12.5. The first-order valence-corrected chi connectivity index (χ1v) is 10.9. The summed E-state index contributed by atoms with van der Waals surface area (Å²) >= 11 is 0. The predicted molar refractivity (Wildman–Crippen MR) is 129 cm³/mol. The Hall–Kier alpha value is -3.99. The topological polar surface area (TPSA) is 151 Å². The summed E-state index contributed by atoms with van der Waals surface area (Å²) in [4.78, 5) is 23.7. The van der Waals surface area contributed by atoms with Crippen molar-refractivity contribution < 1.29 is 14.9 Å². The highest BCUT2D eigenvalue weighted by atomic mass is 16.5. The van der Waals surface area contributed by atoms with Crippen molar-refractivity contribution in [1.29, 1.82) is 0 Å². The van der Waals surface area contributed by atoms with Gasteiger partial charge in [-0.25, -0.2) is 4.98 Å². The van der Waals surface area contributed by atoms with Gasteiger partial charge in [0.05, 0.1) is 12.7 Å². The van der Waals surface area contributed by atoms with Crippen LogP contribution in [0.15, 0.2) is 59.4 Å². The number of aliphatic hydroxyl groups excluding tert-OH is 2. The summed E-state index contributed by atoms with van der Waals surface area (Å²) < 4.78 is 7.44. The lowest BCUT2D eigenvalue weighted by Crippen LogP contribution is -2.24. The van der Waals surface area contributed by atoms with Crippen LogP contribution in [0.1, 0.15) is 12.6 Å². The fraction of sp³-hybridized carbons (Fsp3) is 0.208. The number of nitrogens with two attached hydrogens (primary N) is 1. The van der Waals surface area contributed by atoms with E-state index in [4.69, 9.17) is 10.5 Å². The Morgan fingerprint density at radius 1 is 1.12 bits per heavy atom. The van der Waals surface area contributed by atoms with Crippen LogP contribution in [0.2, 0.25) is 0 Å². The van der Waals surface area contributed by atoms with E-state index in [0.717, 1.165) is 27.2 Å². The molecule has 0 aliphatic carbocycles. The molecular weight excluding hydrogens is 436 g/mol. The third-order valence-corrected chi connectivity index (χ3v) is 6.24. The molecule has 1 aliphatic rings. The molecule has 1 saturated heterocycles. The second-order valence-corrected chi connectivity index (χ2v) is 8.39. The number of fused-ring (bicyclic) bond motifs is 4. The van der Waals surface area contributed by atoms with Crippen molar-refractivity contribution in [1.82, 2.24) is 19.5 Å². The van der Waals surface area contributed by atoms with Gasteiger partial charge in [-0.1, -0.05) is 42.5 Å². The average Bonchev–Trinajstić information content (AvgIpc) is 3.38. The van der Waals surface area contributed by atoms with Crippen molar-refractivity contribution in [2.45, 2.75) is 24.9 Å². The van der Waals surface area contributed by atoms with E-state index in [1.807, 2.05) is 30.3 Å². The number of H-pyrrole nitrogens is 1. The molecule has 5 aromatic rings. The molecule has 0 radical (unpaired) electrons. The zero-order chi connectivity index (χ0) is 23.4. The average molecular weight is 458 g/mol. The molecule has 1 aliphatic heterocycles. The minimum absolute atomic E-state index is 0.0555. The Bertz CT molecular complexity index is 1610. The Morgan fingerprint density at radius 3 is 2.74 bits per heavy atom. The molecule has 10 nitrogen and oxygen atoms in total. The van der Waals surface area contributed by atoms with Gasteiger partial charge < -0.3 is 26.0 Å². The molecule has 0 spiro atoms. The lowest BCUT2D eigenvalue weighted by molar-refractivity contribution is -0.0425. The van der Waals surface area contributed by atoms with Crippen LogP contribution in [0.4, 0.5) is 17.6 Å². The quantitative estimate of drug-likeness (QED) is 0.258. The molecule has 3 heterocycles. The van der Waals surface area contributed by atoms with Crippen molar-refractivity contribution in [3.63, 3.8) is 0 Å². The third kappa shape index (κ3) is 3.27. The van der Waals surface area contributed by atoms with Crippen molar-refractivity contribution in [2.24, 2.45) is 0 Å². The Morgan fingerprint density at radius 2 is 1.91 bits per heavy atom. The van der Waals surface area contributed by atoms with Gasteiger partial charge in [-0.15, -0.1) is 0 Å². The van der Waals surface area contributed by atoms with Crippen molar-refractivity contribution in [3.05, 3.63) is 65.0 Å². The summed E-state index contributed by atoms with van der Waals surface area (Å²) in [6.07, 6.45) is -2.11. The van der Waals surface area contributed by atoms with Gasteiger partial charge in [-0.05, 0) is 33.7 Å². The van der Waals surface area contributed by atoms with Crippen molar-refractivity contribution in [3.8, 4) is 0 Å². The Labute approximate surface area is 192 Å². The summed E-state index contributed by atoms with van der Waals surface area (Å²) in [6.45, 7) is -0.332. The molecule has 0 amide bonds. The van der Waals surface area contributed by atoms with Crippen LogP contribution in [-0.4, -0.2) is 48.5 Å². The number of hydrogen-bond acceptors (Lipinski definition) is 8. The van der Waals surface area contributed by atoms with Gasteiger partial charge in [0.1, 0.15) is 12.3 Å². The number of benzene rings is 3. The van der Waals surface area contributed by atoms with Crippen LogP contribution in [0.25, 0.3) is 32.7 Å². The summed E-state index contributed by atoms with van der Waals surface area (Å²) in [5.74, 6) is 0.259. The van der Waals surface area contributed by atoms with Gasteiger partial charge in [0.25, 0.3) is 5.56 Å². The molecule has 34 heavy (non-hydrogen) atoms. The SMILES string of the molecule is Nc1nc2c(nc(Nc3ccc4c(ccc5ccccc54)c3)n2C2CC(O)C(CO)O2)c(=O)[nH]1. The Kier molecular flexibility index (Phi) is 4.73. The highest BCUT2D eigenvalue weighted by molar-refractivity contribution is 6.08. The molecule has 0 saturated carbocycles. The maximum absolute atomic E-state index is 12.5. The van der Waals surface area contributed by atoms with Gasteiger partial charge in [0.2, 0.25) is 11.9 Å². The normalized spacial score (nSPS) is 20.5. The molecule has 0 bridgehead atoms. The highest BCUT2D eigenvalue weighted by Gasteiger charge is 2.37. The van der Waals surface area contributed by atoms with E-state index in [0.29, 0.717) is 5.95 Å². The molecule has 1 fully saturated rings. The fourth-order valence-electron chi connectivity index (χ4n) is 4.62. The smallest absolute Gasteiger partial charge is 0.280 e. The molecule has 6 N–H and O–H groups in total. The first kappa shape index (κ1) is 20.6. The van der Waals surface area contributed by atoms with E-state index in [1.165, 1.54) is 0 Å². The maximum Gasteiger partial charge on any atom is 0.280 e. The number of aromatic nitrogens is 4. The van der Waals surface area contributed by atoms with Crippen LogP contribution >= 0.6 is 0 Å². The van der Waals surface area contributed by atoms with E-state index >= 15 is 0 Å². The molecule has 2 aromatic heterocycles. The van der Waals surface area contributed by atoms with Crippen LogP contribution < -0.4 is 16.6 Å². The second kappa shape index (κ2) is 7.80. The van der Waals surface area contributed by atoms with E-state index < -0.39 is 24.0 Å². The van der Waals surface area contributed by atoms with E-state index in [-0.39, 0.29) is 30.1 Å². The van der Waals surface area contributed by atoms with E-state index in [1.54, 1.807) is 4.57 Å². The molecule has 3 atom stereocenters. The number of nitrogens with one attached hydrogen (secondary N) is 2. The summed E-state index contributed by atoms with van der Waals surface area (Å²) in [5, 5.41) is 27.5. The first-order chi connectivity index (χ1) is 16.5. The number of aromatic amines is 1. The van der Waals surface area contributed by atoms with Crippen LogP contribution in [0.5, 0.6) is 0 Å². The van der Waals surface area contributed by atoms with Gasteiger partial charge in [-0.2, -0.15) is 4.98 Å². The number of ether oxygens (including phenoxy) is 1. The standard InChI is InChI=1S/C24H22N6O4/c25-23-28-21-20(22(33)29-23)27-24(30(21)19-10-17(32)18(11-31)34-19)26-14-7-8-16-13(9-14)6-5-12-3-1-2-4-15(12)16/h1-9,17-19,31-32H,10-11H2,(H,26,27)(H3,25,28,29,33). The fourth-order valence-corrected chi connectivity index (χ4v) is 4.62. The van der Waals surface area contributed by atoms with Gasteiger partial charge in [0.15, 0.2) is 11.2 Å². The summed E-state index contributed by atoms with van der Waals surface area (Å²) in [7, 11) is 0. The van der Waals surface area contributed by atoms with Crippen molar-refractivity contribution >= 4 is 50.3 Å². The number of nitrogen functional groups attached to an aromatic ring is 1. The molecule has 10 heteroatoms. The molecular formula is C24H22N6O4. The zero-order valence-corrected chi connectivity index (χ0v) is 18.0. The van der Waals surface area contributed by atoms with Gasteiger partial charge in [0, 0.05) is 12.1 Å². The minimum Gasteiger partial charge on any atom is -0.394 e. The highest BCUT2D eigenvalue weighted by Crippen LogP contribution is 2.35. The zero-order valence-electron chi connectivity index (χ0n) is 18.0. The van der Waals surface area contributed by atoms with Crippen LogP contribution in [-0.2, 0) is 4.74 Å². The monoisotopic (exact) mass is 458 g/mol. The molecule has 3 unspecified atom stereocenters. The van der Waals surface area contributed by atoms with Crippen LogP contribution in [0.3, 0.4) is 0 Å². The number of imidazole rings is 1. The first-order valence-electron chi connectivity index (χ1n) is 10.9. The lowest BCUT2D eigenvalue weighted by Gasteiger charge is -2.17. The number of aliphatic hydroxyl groups is 2. The van der Waals surface area contributed by atoms with Gasteiger partial charge >= 0.3 is 0 Å². The number of anilines is 3. The number of rotatable bonds is 4. The third-order valence-electron chi connectivity index (χ3n) is 6.24. The minimum atomic E-state index is -0.867. The Balaban J connectivity index is 1.47.